The van der Waals surface area contributed by atoms with Crippen LogP contribution in [-0.4, -0.2) is 40.3 Å². The Morgan fingerprint density at radius 3 is 2.67 bits per heavy atom. The molecule has 11 nitrogen and oxygen atoms in total. The first-order chi connectivity index (χ1) is 17.3. The Labute approximate surface area is 208 Å². The predicted octanol–water partition coefficient (Wildman–Crippen LogP) is 4.10. The van der Waals surface area contributed by atoms with E-state index in [-0.39, 0.29) is 44.9 Å². The number of carbonyl (C=O) groups is 2. The van der Waals surface area contributed by atoms with Gasteiger partial charge in [-0.3, -0.25) is 19.7 Å². The third kappa shape index (κ3) is 4.41. The number of carbonyl (C=O) groups excluding carboxylic acids is 2. The van der Waals surface area contributed by atoms with Crippen molar-refractivity contribution in [3.63, 3.8) is 0 Å². The van der Waals surface area contributed by atoms with Gasteiger partial charge in [0.1, 0.15) is 10.8 Å². The van der Waals surface area contributed by atoms with Gasteiger partial charge in [0, 0.05) is 34.0 Å². The van der Waals surface area contributed by atoms with E-state index in [1.54, 1.807) is 31.2 Å². The average molecular weight is 509 g/mol. The molecule has 2 heterocycles. The SMILES string of the molecule is CCOC(=O)c1nn(-c2cccc(OC)c2)c(=O)c2c(NC(=O)c3cccc([N+](=O)[O-])c3C)scc12. The molecular formula is C24H20N4O7S. The Balaban J connectivity index is 1.88. The van der Waals surface area contributed by atoms with Gasteiger partial charge in [-0.25, -0.2) is 4.79 Å². The number of hydrogen-bond acceptors (Lipinski definition) is 9. The molecule has 0 aliphatic carbocycles. The first-order valence-electron chi connectivity index (χ1n) is 10.7. The number of thiophene rings is 1. The molecule has 0 radical (unpaired) electrons. The van der Waals surface area contributed by atoms with Crippen LogP contribution in [0.1, 0.15) is 33.3 Å². The van der Waals surface area contributed by atoms with Gasteiger partial charge in [0.15, 0.2) is 5.69 Å². The average Bonchev–Trinajstić information content (AvgIpc) is 3.28. The van der Waals surface area contributed by atoms with Crippen molar-refractivity contribution in [2.45, 2.75) is 13.8 Å². The van der Waals surface area contributed by atoms with E-state index < -0.39 is 22.4 Å². The van der Waals surface area contributed by atoms with Gasteiger partial charge in [-0.1, -0.05) is 12.1 Å². The molecule has 0 unspecified atom stereocenters. The Morgan fingerprint density at radius 2 is 1.97 bits per heavy atom. The van der Waals surface area contributed by atoms with Crippen molar-refractivity contribution in [2.75, 3.05) is 19.0 Å². The number of hydrogen-bond donors (Lipinski definition) is 1. The van der Waals surface area contributed by atoms with E-state index in [1.165, 1.54) is 37.6 Å². The zero-order chi connectivity index (χ0) is 26.0. The van der Waals surface area contributed by atoms with E-state index in [2.05, 4.69) is 10.4 Å². The van der Waals surface area contributed by atoms with E-state index in [0.717, 1.165) is 16.0 Å². The van der Waals surface area contributed by atoms with E-state index in [1.807, 2.05) is 0 Å². The lowest BCUT2D eigenvalue weighted by Crippen LogP contribution is -2.25. The maximum atomic E-state index is 13.5. The van der Waals surface area contributed by atoms with Gasteiger partial charge in [-0.05, 0) is 32.0 Å². The van der Waals surface area contributed by atoms with Crippen LogP contribution in [0.15, 0.2) is 52.6 Å². The van der Waals surface area contributed by atoms with E-state index in [9.17, 15) is 24.5 Å². The van der Waals surface area contributed by atoms with Crippen molar-refractivity contribution in [1.29, 1.82) is 0 Å². The van der Waals surface area contributed by atoms with Gasteiger partial charge in [-0.15, -0.1) is 11.3 Å². The van der Waals surface area contributed by atoms with Gasteiger partial charge in [0.2, 0.25) is 0 Å². The number of nitrogens with one attached hydrogen (secondary N) is 1. The number of nitro benzene ring substituents is 1. The number of benzene rings is 2. The molecule has 4 rings (SSSR count). The van der Waals surface area contributed by atoms with Crippen molar-refractivity contribution >= 4 is 44.7 Å². The summed E-state index contributed by atoms with van der Waals surface area (Å²) in [5, 5.41) is 20.2. The molecule has 0 aliphatic heterocycles. The smallest absolute Gasteiger partial charge is 0.359 e. The minimum atomic E-state index is -0.732. The Morgan fingerprint density at radius 1 is 1.22 bits per heavy atom. The molecule has 2 aromatic carbocycles. The molecule has 0 spiro atoms. The summed E-state index contributed by atoms with van der Waals surface area (Å²) in [5.74, 6) is -0.898. The van der Waals surface area contributed by atoms with Gasteiger partial charge in [-0.2, -0.15) is 9.78 Å². The number of nitro groups is 1. The van der Waals surface area contributed by atoms with Crippen molar-refractivity contribution in [1.82, 2.24) is 9.78 Å². The Bertz CT molecular complexity index is 1570. The van der Waals surface area contributed by atoms with Crippen LogP contribution in [0.3, 0.4) is 0 Å². The summed E-state index contributed by atoms with van der Waals surface area (Å²) in [5.41, 5.74) is -0.282. The number of anilines is 1. The lowest BCUT2D eigenvalue weighted by molar-refractivity contribution is -0.385. The monoisotopic (exact) mass is 508 g/mol. The zero-order valence-corrected chi connectivity index (χ0v) is 20.3. The number of esters is 1. The standard InChI is InChI=1S/C24H20N4O7S/c1-4-35-24(31)20-17-12-36-22(25-21(29)16-9-6-10-18(13(16)2)28(32)33)19(17)23(30)27(26-20)14-7-5-8-15(11-14)34-3/h5-12H,4H2,1-3H3,(H,25,29). The minimum absolute atomic E-state index is 0.0531. The molecule has 1 amide bonds. The maximum Gasteiger partial charge on any atom is 0.359 e. The van der Waals surface area contributed by atoms with Gasteiger partial charge < -0.3 is 14.8 Å². The van der Waals surface area contributed by atoms with Gasteiger partial charge in [0.25, 0.3) is 17.2 Å². The first kappa shape index (κ1) is 24.5. The van der Waals surface area contributed by atoms with Crippen molar-refractivity contribution in [2.24, 2.45) is 0 Å². The summed E-state index contributed by atoms with van der Waals surface area (Å²) in [6.45, 7) is 3.21. The molecule has 2 aromatic heterocycles. The third-order valence-electron chi connectivity index (χ3n) is 5.39. The molecule has 0 atom stereocenters. The molecule has 0 saturated carbocycles. The zero-order valence-electron chi connectivity index (χ0n) is 19.4. The van der Waals surface area contributed by atoms with Crippen molar-refractivity contribution in [3.05, 3.63) is 85.1 Å². The summed E-state index contributed by atoms with van der Waals surface area (Å²) in [6.07, 6.45) is 0. The van der Waals surface area contributed by atoms with Crippen LogP contribution in [0.4, 0.5) is 10.7 Å². The molecular weight excluding hydrogens is 488 g/mol. The summed E-state index contributed by atoms with van der Waals surface area (Å²) in [6, 6.07) is 10.7. The molecule has 4 aromatic rings. The summed E-state index contributed by atoms with van der Waals surface area (Å²) < 4.78 is 11.4. The predicted molar refractivity (Wildman–Crippen MR) is 134 cm³/mol. The second kappa shape index (κ2) is 9.96. The number of rotatable bonds is 7. The molecule has 12 heteroatoms. The highest BCUT2D eigenvalue weighted by Crippen LogP contribution is 2.32. The fourth-order valence-corrected chi connectivity index (χ4v) is 4.58. The lowest BCUT2D eigenvalue weighted by Gasteiger charge is -2.11. The Hall–Kier alpha value is -4.58. The molecule has 0 fully saturated rings. The Kier molecular flexibility index (Phi) is 6.79. The molecule has 184 valence electrons. The topological polar surface area (TPSA) is 143 Å². The first-order valence-corrected chi connectivity index (χ1v) is 11.6. The van der Waals surface area contributed by atoms with Gasteiger partial charge in [0.05, 0.1) is 29.7 Å². The second-order valence-electron chi connectivity index (χ2n) is 7.50. The van der Waals surface area contributed by atoms with E-state index in [4.69, 9.17) is 9.47 Å². The summed E-state index contributed by atoms with van der Waals surface area (Å²) in [4.78, 5) is 50.0. The molecule has 0 bridgehead atoms. The van der Waals surface area contributed by atoms with E-state index in [0.29, 0.717) is 11.4 Å². The highest BCUT2D eigenvalue weighted by atomic mass is 32.1. The van der Waals surface area contributed by atoms with Crippen LogP contribution in [-0.2, 0) is 4.74 Å². The molecule has 0 aliphatic rings. The highest BCUT2D eigenvalue weighted by molar-refractivity contribution is 7.16. The fraction of sp³-hybridized carbons (Fsp3) is 0.167. The normalized spacial score (nSPS) is 10.8. The maximum absolute atomic E-state index is 13.5. The minimum Gasteiger partial charge on any atom is -0.497 e. The van der Waals surface area contributed by atoms with Crippen LogP contribution in [0.2, 0.25) is 0 Å². The molecule has 36 heavy (non-hydrogen) atoms. The number of fused-ring (bicyclic) bond motifs is 1. The number of methoxy groups -OCH3 is 1. The number of amides is 1. The third-order valence-corrected chi connectivity index (χ3v) is 6.29. The largest absolute Gasteiger partial charge is 0.497 e. The lowest BCUT2D eigenvalue weighted by atomic mass is 10.1. The van der Waals surface area contributed by atoms with Crippen LogP contribution in [0, 0.1) is 17.0 Å². The summed E-state index contributed by atoms with van der Waals surface area (Å²) in [7, 11) is 1.48. The van der Waals surface area contributed by atoms with Crippen molar-refractivity contribution < 1.29 is 24.0 Å². The number of ether oxygens (including phenoxy) is 2. The molecule has 0 saturated heterocycles. The second-order valence-corrected chi connectivity index (χ2v) is 8.38. The van der Waals surface area contributed by atoms with Crippen LogP contribution < -0.4 is 15.6 Å². The van der Waals surface area contributed by atoms with Crippen LogP contribution in [0.5, 0.6) is 5.75 Å². The highest BCUT2D eigenvalue weighted by Gasteiger charge is 2.25. The van der Waals surface area contributed by atoms with Crippen LogP contribution in [0.25, 0.3) is 16.5 Å². The summed E-state index contributed by atoms with van der Waals surface area (Å²) >= 11 is 1.03. The fourth-order valence-electron chi connectivity index (χ4n) is 3.65. The van der Waals surface area contributed by atoms with Crippen molar-refractivity contribution in [3.8, 4) is 11.4 Å². The van der Waals surface area contributed by atoms with E-state index >= 15 is 0 Å². The van der Waals surface area contributed by atoms with Crippen LogP contribution >= 0.6 is 11.3 Å². The number of nitrogens with zero attached hydrogens (tertiary/aromatic N) is 3. The molecule has 1 N–H and O–H groups in total. The number of aromatic nitrogens is 2. The quantitative estimate of drug-likeness (QED) is 0.223. The van der Waals surface area contributed by atoms with Gasteiger partial charge >= 0.3 is 5.97 Å².